The maximum atomic E-state index is 5.89. The third-order valence-electron chi connectivity index (χ3n) is 3.38. The molecule has 1 heterocycles. The summed E-state index contributed by atoms with van der Waals surface area (Å²) in [5.41, 5.74) is 7.11. The average Bonchev–Trinajstić information content (AvgIpc) is 2.36. The molecule has 0 spiro atoms. The summed E-state index contributed by atoms with van der Waals surface area (Å²) in [7, 11) is 0. The van der Waals surface area contributed by atoms with Crippen LogP contribution in [0.5, 0.6) is 5.75 Å². The van der Waals surface area contributed by atoms with E-state index in [-0.39, 0.29) is 24.8 Å². The van der Waals surface area contributed by atoms with Crippen LogP contribution in [0.2, 0.25) is 0 Å². The smallest absolute Gasteiger partial charge is 0.133 e. The van der Waals surface area contributed by atoms with Crippen LogP contribution < -0.4 is 10.5 Å². The lowest BCUT2D eigenvalue weighted by molar-refractivity contribution is 0.173. The van der Waals surface area contributed by atoms with Crippen LogP contribution in [-0.2, 0) is 0 Å². The van der Waals surface area contributed by atoms with Crippen LogP contribution in [0.1, 0.15) is 18.4 Å². The van der Waals surface area contributed by atoms with Crippen molar-refractivity contribution in [3.8, 4) is 5.75 Å². The van der Waals surface area contributed by atoms with Crippen LogP contribution >= 0.6 is 40.7 Å². The number of likely N-dealkylation sites (tertiary alicyclic amines) is 1. The number of halogens is 3. The van der Waals surface area contributed by atoms with Gasteiger partial charge in [0.2, 0.25) is 0 Å². The van der Waals surface area contributed by atoms with Crippen molar-refractivity contribution in [3.05, 3.63) is 28.2 Å². The first-order valence-corrected chi connectivity index (χ1v) is 7.31. The Morgan fingerprint density at radius 2 is 1.95 bits per heavy atom. The van der Waals surface area contributed by atoms with Crippen LogP contribution in [0.15, 0.2) is 22.7 Å². The topological polar surface area (TPSA) is 38.5 Å². The van der Waals surface area contributed by atoms with Gasteiger partial charge in [0.1, 0.15) is 12.4 Å². The van der Waals surface area contributed by atoms with Crippen molar-refractivity contribution in [3.63, 3.8) is 0 Å². The zero-order valence-electron chi connectivity index (χ0n) is 11.7. The summed E-state index contributed by atoms with van der Waals surface area (Å²) in [4.78, 5) is 2.42. The van der Waals surface area contributed by atoms with Gasteiger partial charge < -0.3 is 10.5 Å². The summed E-state index contributed by atoms with van der Waals surface area (Å²) >= 11 is 3.51. The van der Waals surface area contributed by atoms with E-state index < -0.39 is 0 Å². The molecular formula is C14H23BrCl2N2O. The van der Waals surface area contributed by atoms with Crippen molar-refractivity contribution in [1.82, 2.24) is 4.90 Å². The Balaban J connectivity index is 0.00000180. The highest BCUT2D eigenvalue weighted by atomic mass is 79.9. The fourth-order valence-corrected chi connectivity index (χ4v) is 2.54. The van der Waals surface area contributed by atoms with Gasteiger partial charge >= 0.3 is 0 Å². The second-order valence-electron chi connectivity index (χ2n) is 4.96. The summed E-state index contributed by atoms with van der Waals surface area (Å²) < 4.78 is 6.85. The second-order valence-corrected chi connectivity index (χ2v) is 5.82. The number of hydrogen-bond acceptors (Lipinski definition) is 3. The summed E-state index contributed by atoms with van der Waals surface area (Å²) in [6, 6.07) is 6.57. The van der Waals surface area contributed by atoms with Gasteiger partial charge in [0.25, 0.3) is 0 Å². The second kappa shape index (κ2) is 9.85. The Hall–Kier alpha value is -0.000000000000000111. The molecule has 0 aliphatic carbocycles. The third kappa shape index (κ3) is 6.19. The van der Waals surface area contributed by atoms with E-state index in [9.17, 15) is 0 Å². The standard InChI is InChI=1S/C14H21BrN2O.2ClH/c1-11-2-3-13(15)14(10-11)18-9-8-17-6-4-12(16)5-7-17;;/h2-3,10,12H,4-9,16H2,1H3;2*1H. The normalized spacial score (nSPS) is 16.1. The Kier molecular flexibility index (Phi) is 9.85. The SMILES string of the molecule is Cc1ccc(Br)c(OCCN2CCC(N)CC2)c1.Cl.Cl. The van der Waals surface area contributed by atoms with Crippen LogP contribution in [0, 0.1) is 6.92 Å². The Labute approximate surface area is 142 Å². The minimum absolute atomic E-state index is 0. The number of nitrogens with zero attached hydrogens (tertiary/aromatic N) is 1. The monoisotopic (exact) mass is 384 g/mol. The zero-order valence-corrected chi connectivity index (χ0v) is 14.9. The molecule has 1 saturated heterocycles. The highest BCUT2D eigenvalue weighted by molar-refractivity contribution is 9.10. The number of nitrogens with two attached hydrogens (primary N) is 1. The first-order chi connectivity index (χ1) is 8.65. The quantitative estimate of drug-likeness (QED) is 0.862. The molecule has 6 heteroatoms. The average molecular weight is 386 g/mol. The van der Waals surface area contributed by atoms with Crippen molar-refractivity contribution >= 4 is 40.7 Å². The maximum Gasteiger partial charge on any atom is 0.133 e. The summed E-state index contributed by atoms with van der Waals surface area (Å²) in [5.74, 6) is 0.934. The van der Waals surface area contributed by atoms with E-state index in [0.29, 0.717) is 6.04 Å². The lowest BCUT2D eigenvalue weighted by atomic mass is 10.1. The molecule has 1 fully saturated rings. The molecule has 1 aliphatic rings. The van der Waals surface area contributed by atoms with Gasteiger partial charge in [0.05, 0.1) is 4.47 Å². The predicted molar refractivity (Wildman–Crippen MR) is 92.5 cm³/mol. The maximum absolute atomic E-state index is 5.89. The molecule has 1 aromatic rings. The van der Waals surface area contributed by atoms with E-state index in [1.54, 1.807) is 0 Å². The summed E-state index contributed by atoms with van der Waals surface area (Å²) in [6.45, 7) is 5.98. The number of piperidine rings is 1. The molecule has 0 atom stereocenters. The van der Waals surface area contributed by atoms with E-state index in [1.807, 2.05) is 6.07 Å². The largest absolute Gasteiger partial charge is 0.491 e. The molecule has 1 aliphatic heterocycles. The van der Waals surface area contributed by atoms with Gasteiger partial charge in [-0.25, -0.2) is 0 Å². The van der Waals surface area contributed by atoms with Gasteiger partial charge in [-0.05, 0) is 66.5 Å². The molecule has 0 unspecified atom stereocenters. The van der Waals surface area contributed by atoms with Gasteiger partial charge in [-0.2, -0.15) is 0 Å². The summed E-state index contributed by atoms with van der Waals surface area (Å²) in [6.07, 6.45) is 2.21. The highest BCUT2D eigenvalue weighted by Gasteiger charge is 2.15. The minimum atomic E-state index is 0. The predicted octanol–water partition coefficient (Wildman–Crippen LogP) is 3.40. The number of aryl methyl sites for hydroxylation is 1. The van der Waals surface area contributed by atoms with E-state index >= 15 is 0 Å². The fraction of sp³-hybridized carbons (Fsp3) is 0.571. The molecule has 2 N–H and O–H groups in total. The number of rotatable bonds is 4. The molecule has 0 aromatic heterocycles. The van der Waals surface area contributed by atoms with E-state index in [2.05, 4.69) is 39.9 Å². The molecule has 2 rings (SSSR count). The van der Waals surface area contributed by atoms with Crippen LogP contribution in [0.3, 0.4) is 0 Å². The summed E-state index contributed by atoms with van der Waals surface area (Å²) in [5, 5.41) is 0. The highest BCUT2D eigenvalue weighted by Crippen LogP contribution is 2.25. The lowest BCUT2D eigenvalue weighted by Crippen LogP contribution is -2.41. The number of ether oxygens (including phenoxy) is 1. The zero-order chi connectivity index (χ0) is 13.0. The molecule has 0 radical (unpaired) electrons. The van der Waals surface area contributed by atoms with E-state index in [4.69, 9.17) is 10.5 Å². The van der Waals surface area contributed by atoms with Gasteiger partial charge in [0.15, 0.2) is 0 Å². The molecule has 0 saturated carbocycles. The Bertz CT molecular complexity index is 399. The minimum Gasteiger partial charge on any atom is -0.491 e. The molecule has 3 nitrogen and oxygen atoms in total. The Morgan fingerprint density at radius 1 is 1.30 bits per heavy atom. The van der Waals surface area contributed by atoms with E-state index in [1.165, 1.54) is 5.56 Å². The molecule has 0 bridgehead atoms. The fourth-order valence-electron chi connectivity index (χ4n) is 2.18. The van der Waals surface area contributed by atoms with Gasteiger partial charge in [0, 0.05) is 12.6 Å². The van der Waals surface area contributed by atoms with Crippen LogP contribution in [0.25, 0.3) is 0 Å². The van der Waals surface area contributed by atoms with Crippen molar-refractivity contribution < 1.29 is 4.74 Å². The lowest BCUT2D eigenvalue weighted by Gasteiger charge is -2.29. The molecule has 20 heavy (non-hydrogen) atoms. The van der Waals surface area contributed by atoms with Crippen LogP contribution in [0.4, 0.5) is 0 Å². The third-order valence-corrected chi connectivity index (χ3v) is 4.04. The van der Waals surface area contributed by atoms with Gasteiger partial charge in [-0.3, -0.25) is 4.90 Å². The van der Waals surface area contributed by atoms with E-state index in [0.717, 1.165) is 49.3 Å². The van der Waals surface area contributed by atoms with Crippen molar-refractivity contribution in [2.24, 2.45) is 5.73 Å². The van der Waals surface area contributed by atoms with Crippen molar-refractivity contribution in [2.45, 2.75) is 25.8 Å². The van der Waals surface area contributed by atoms with Gasteiger partial charge in [-0.15, -0.1) is 24.8 Å². The number of benzene rings is 1. The molecular weight excluding hydrogens is 363 g/mol. The first kappa shape index (κ1) is 20.0. The number of hydrogen-bond donors (Lipinski definition) is 1. The van der Waals surface area contributed by atoms with Crippen molar-refractivity contribution in [2.75, 3.05) is 26.2 Å². The van der Waals surface area contributed by atoms with Gasteiger partial charge in [-0.1, -0.05) is 6.07 Å². The first-order valence-electron chi connectivity index (χ1n) is 6.52. The molecule has 0 amide bonds. The molecule has 1 aromatic carbocycles. The molecule has 116 valence electrons. The van der Waals surface area contributed by atoms with Crippen molar-refractivity contribution in [1.29, 1.82) is 0 Å². The van der Waals surface area contributed by atoms with Crippen LogP contribution in [-0.4, -0.2) is 37.2 Å². The Morgan fingerprint density at radius 3 is 2.60 bits per heavy atom.